The van der Waals surface area contributed by atoms with E-state index < -0.39 is 0 Å². The average Bonchev–Trinajstić information content (AvgIpc) is 2.37. The molecule has 104 valence electrons. The zero-order valence-corrected chi connectivity index (χ0v) is 14.2. The quantitative estimate of drug-likeness (QED) is 0.807. The molecule has 1 N–H and O–H groups in total. The van der Waals surface area contributed by atoms with E-state index >= 15 is 0 Å². The summed E-state index contributed by atoms with van der Waals surface area (Å²) in [5.74, 6) is 0.533. The van der Waals surface area contributed by atoms with Crippen LogP contribution in [0.2, 0.25) is 0 Å². The highest BCUT2D eigenvalue weighted by molar-refractivity contribution is 9.10. The highest BCUT2D eigenvalue weighted by atomic mass is 79.9. The molecule has 0 spiro atoms. The van der Waals surface area contributed by atoms with Crippen molar-refractivity contribution in [2.75, 3.05) is 12.4 Å². The maximum Gasteiger partial charge on any atom is 0.255 e. The molecule has 0 saturated heterocycles. The number of anilines is 1. The van der Waals surface area contributed by atoms with Gasteiger partial charge in [0.25, 0.3) is 5.91 Å². The largest absolute Gasteiger partial charge is 0.496 e. The van der Waals surface area contributed by atoms with E-state index in [4.69, 9.17) is 4.74 Å². The highest BCUT2D eigenvalue weighted by Gasteiger charge is 2.09. The minimum Gasteiger partial charge on any atom is -0.496 e. The number of nitrogens with one attached hydrogen (secondary N) is 1. The van der Waals surface area contributed by atoms with Crippen LogP contribution < -0.4 is 10.1 Å². The first-order valence-electron chi connectivity index (χ1n) is 5.91. The Hall–Kier alpha value is -1.33. The first-order chi connectivity index (χ1) is 9.49. The maximum absolute atomic E-state index is 12.2. The SMILES string of the molecule is COc1ccc(C(=O)Nc2cc(C)cc(Br)c2)cc1Br. The van der Waals surface area contributed by atoms with Gasteiger partial charge in [0, 0.05) is 15.7 Å². The van der Waals surface area contributed by atoms with Crippen molar-refractivity contribution < 1.29 is 9.53 Å². The van der Waals surface area contributed by atoms with E-state index in [1.165, 1.54) is 0 Å². The predicted octanol–water partition coefficient (Wildman–Crippen LogP) is 4.78. The van der Waals surface area contributed by atoms with Crippen molar-refractivity contribution in [3.05, 3.63) is 56.5 Å². The summed E-state index contributed by atoms with van der Waals surface area (Å²) in [6.45, 7) is 1.98. The Morgan fingerprint density at radius 3 is 2.50 bits per heavy atom. The van der Waals surface area contributed by atoms with Crippen molar-refractivity contribution in [2.45, 2.75) is 6.92 Å². The van der Waals surface area contributed by atoms with Crippen molar-refractivity contribution in [1.82, 2.24) is 0 Å². The fourth-order valence-electron chi connectivity index (χ4n) is 1.82. The molecule has 20 heavy (non-hydrogen) atoms. The first-order valence-corrected chi connectivity index (χ1v) is 7.50. The Bertz CT molecular complexity index is 636. The lowest BCUT2D eigenvalue weighted by molar-refractivity contribution is 0.102. The van der Waals surface area contributed by atoms with E-state index in [0.29, 0.717) is 11.3 Å². The number of hydrogen-bond donors (Lipinski definition) is 1. The van der Waals surface area contributed by atoms with E-state index in [2.05, 4.69) is 37.2 Å². The molecule has 0 unspecified atom stereocenters. The van der Waals surface area contributed by atoms with Gasteiger partial charge in [-0.25, -0.2) is 0 Å². The zero-order valence-electron chi connectivity index (χ0n) is 11.0. The van der Waals surface area contributed by atoms with Crippen LogP contribution in [0.3, 0.4) is 0 Å². The monoisotopic (exact) mass is 397 g/mol. The number of ether oxygens (including phenoxy) is 1. The van der Waals surface area contributed by atoms with Crippen LogP contribution in [0.1, 0.15) is 15.9 Å². The van der Waals surface area contributed by atoms with Gasteiger partial charge in [-0.1, -0.05) is 15.9 Å². The smallest absolute Gasteiger partial charge is 0.255 e. The van der Waals surface area contributed by atoms with Gasteiger partial charge in [0.2, 0.25) is 0 Å². The molecule has 0 saturated carbocycles. The maximum atomic E-state index is 12.2. The number of benzene rings is 2. The Kier molecular flexibility index (Phi) is 4.83. The van der Waals surface area contributed by atoms with Gasteiger partial charge in [0.1, 0.15) is 5.75 Å². The van der Waals surface area contributed by atoms with E-state index in [9.17, 15) is 4.79 Å². The first kappa shape index (κ1) is 15.1. The van der Waals surface area contributed by atoms with Crippen LogP contribution in [0.5, 0.6) is 5.75 Å². The number of hydrogen-bond acceptors (Lipinski definition) is 2. The molecule has 0 bridgehead atoms. The van der Waals surface area contributed by atoms with Crippen molar-refractivity contribution in [2.24, 2.45) is 0 Å². The molecule has 0 aromatic heterocycles. The fourth-order valence-corrected chi connectivity index (χ4v) is 2.97. The Morgan fingerprint density at radius 2 is 1.90 bits per heavy atom. The third-order valence-electron chi connectivity index (χ3n) is 2.71. The van der Waals surface area contributed by atoms with Crippen LogP contribution in [0, 0.1) is 6.92 Å². The molecule has 0 aliphatic rings. The van der Waals surface area contributed by atoms with Crippen molar-refractivity contribution in [3.63, 3.8) is 0 Å². The summed E-state index contributed by atoms with van der Waals surface area (Å²) in [4.78, 5) is 12.2. The van der Waals surface area contributed by atoms with Gasteiger partial charge in [-0.05, 0) is 64.8 Å². The van der Waals surface area contributed by atoms with Gasteiger partial charge in [-0.15, -0.1) is 0 Å². The number of aryl methyl sites for hydroxylation is 1. The molecule has 3 nitrogen and oxygen atoms in total. The third kappa shape index (κ3) is 3.61. The summed E-state index contributed by atoms with van der Waals surface area (Å²) in [6.07, 6.45) is 0. The molecule has 1 amide bonds. The van der Waals surface area contributed by atoms with Gasteiger partial charge in [0.15, 0.2) is 0 Å². The van der Waals surface area contributed by atoms with E-state index in [-0.39, 0.29) is 5.91 Å². The average molecular weight is 399 g/mol. The highest BCUT2D eigenvalue weighted by Crippen LogP contribution is 2.26. The van der Waals surface area contributed by atoms with Gasteiger partial charge >= 0.3 is 0 Å². The van der Waals surface area contributed by atoms with E-state index in [1.807, 2.05) is 25.1 Å². The Labute approximate surface area is 134 Å². The van der Waals surface area contributed by atoms with Crippen LogP contribution in [-0.2, 0) is 0 Å². The lowest BCUT2D eigenvalue weighted by Gasteiger charge is -2.09. The molecule has 2 aromatic rings. The van der Waals surface area contributed by atoms with Gasteiger partial charge < -0.3 is 10.1 Å². The molecular weight excluding hydrogens is 386 g/mol. The minimum absolute atomic E-state index is 0.161. The van der Waals surface area contributed by atoms with Crippen LogP contribution in [0.25, 0.3) is 0 Å². The molecule has 0 aliphatic heterocycles. The molecule has 2 aromatic carbocycles. The summed E-state index contributed by atoms with van der Waals surface area (Å²) in [5, 5.41) is 2.87. The van der Waals surface area contributed by atoms with E-state index in [0.717, 1.165) is 20.2 Å². The molecule has 0 heterocycles. The van der Waals surface area contributed by atoms with Crippen molar-refractivity contribution in [1.29, 1.82) is 0 Å². The lowest BCUT2D eigenvalue weighted by Crippen LogP contribution is -2.12. The fraction of sp³-hybridized carbons (Fsp3) is 0.133. The molecule has 0 atom stereocenters. The number of carbonyl (C=O) groups is 1. The van der Waals surface area contributed by atoms with Crippen LogP contribution >= 0.6 is 31.9 Å². The van der Waals surface area contributed by atoms with Crippen LogP contribution in [-0.4, -0.2) is 13.0 Å². The molecule has 2 rings (SSSR count). The van der Waals surface area contributed by atoms with Gasteiger partial charge in [0.05, 0.1) is 11.6 Å². The topological polar surface area (TPSA) is 38.3 Å². The second-order valence-electron chi connectivity index (χ2n) is 4.32. The standard InChI is InChI=1S/C15H13Br2NO2/c1-9-5-11(16)8-12(6-9)18-15(19)10-3-4-14(20-2)13(17)7-10/h3-8H,1-2H3,(H,18,19). The van der Waals surface area contributed by atoms with E-state index in [1.54, 1.807) is 25.3 Å². The van der Waals surface area contributed by atoms with Crippen LogP contribution in [0.4, 0.5) is 5.69 Å². The number of halogens is 2. The molecule has 5 heteroatoms. The number of rotatable bonds is 3. The summed E-state index contributed by atoms with van der Waals surface area (Å²) >= 11 is 6.79. The molecular formula is C15H13Br2NO2. The Balaban J connectivity index is 2.21. The van der Waals surface area contributed by atoms with Crippen molar-refractivity contribution in [3.8, 4) is 5.75 Å². The second-order valence-corrected chi connectivity index (χ2v) is 6.09. The Morgan fingerprint density at radius 1 is 1.15 bits per heavy atom. The van der Waals surface area contributed by atoms with Gasteiger partial charge in [-0.3, -0.25) is 4.79 Å². The number of amides is 1. The van der Waals surface area contributed by atoms with Crippen LogP contribution in [0.15, 0.2) is 45.3 Å². The lowest BCUT2D eigenvalue weighted by atomic mass is 10.2. The number of carbonyl (C=O) groups excluding carboxylic acids is 1. The molecule has 0 radical (unpaired) electrons. The summed E-state index contributed by atoms with van der Waals surface area (Å²) in [6, 6.07) is 11.0. The summed E-state index contributed by atoms with van der Waals surface area (Å²) < 4.78 is 6.83. The normalized spacial score (nSPS) is 10.2. The predicted molar refractivity (Wildman–Crippen MR) is 87.5 cm³/mol. The number of methoxy groups -OCH3 is 1. The van der Waals surface area contributed by atoms with Gasteiger partial charge in [-0.2, -0.15) is 0 Å². The zero-order chi connectivity index (χ0) is 14.7. The summed E-state index contributed by atoms with van der Waals surface area (Å²) in [5.41, 5.74) is 2.40. The molecule has 0 fully saturated rings. The third-order valence-corrected chi connectivity index (χ3v) is 3.79. The minimum atomic E-state index is -0.161. The molecule has 0 aliphatic carbocycles. The second kappa shape index (κ2) is 6.41. The summed E-state index contributed by atoms with van der Waals surface area (Å²) in [7, 11) is 1.59. The van der Waals surface area contributed by atoms with Crippen molar-refractivity contribution >= 4 is 43.5 Å².